The number of hydrogen-bond acceptors (Lipinski definition) is 2. The molecule has 7 heteroatoms. The van der Waals surface area contributed by atoms with E-state index in [-0.39, 0.29) is 16.1 Å². The molecule has 0 radical (unpaired) electrons. The zero-order valence-corrected chi connectivity index (χ0v) is 13.5. The van der Waals surface area contributed by atoms with Gasteiger partial charge in [0.15, 0.2) is 0 Å². The van der Waals surface area contributed by atoms with E-state index in [9.17, 15) is 9.59 Å². The highest BCUT2D eigenvalue weighted by molar-refractivity contribution is 9.10. The highest BCUT2D eigenvalue weighted by Crippen LogP contribution is 2.24. The number of carboxylic acids is 1. The summed E-state index contributed by atoms with van der Waals surface area (Å²) in [5, 5.41) is 12.3. The number of aromatic carboxylic acids is 1. The van der Waals surface area contributed by atoms with Crippen molar-refractivity contribution in [1.82, 2.24) is 0 Å². The second-order valence-electron chi connectivity index (χ2n) is 4.08. The Morgan fingerprint density at radius 1 is 1.05 bits per heavy atom. The lowest BCUT2D eigenvalue weighted by Crippen LogP contribution is -2.13. The van der Waals surface area contributed by atoms with Gasteiger partial charge in [0, 0.05) is 15.2 Å². The van der Waals surface area contributed by atoms with Crippen LogP contribution in [-0.2, 0) is 0 Å². The van der Waals surface area contributed by atoms with Crippen LogP contribution in [0.5, 0.6) is 0 Å². The molecule has 0 unspecified atom stereocenters. The molecule has 108 valence electrons. The van der Waals surface area contributed by atoms with Crippen molar-refractivity contribution in [3.63, 3.8) is 0 Å². The van der Waals surface area contributed by atoms with E-state index in [1.807, 2.05) is 0 Å². The topological polar surface area (TPSA) is 66.4 Å². The van der Waals surface area contributed by atoms with Crippen molar-refractivity contribution in [3.05, 3.63) is 62.0 Å². The van der Waals surface area contributed by atoms with Crippen molar-refractivity contribution in [2.75, 3.05) is 5.32 Å². The van der Waals surface area contributed by atoms with E-state index in [1.165, 1.54) is 18.2 Å². The lowest BCUT2D eigenvalue weighted by atomic mass is 10.1. The van der Waals surface area contributed by atoms with Gasteiger partial charge in [-0.1, -0.05) is 23.2 Å². The number of amides is 1. The monoisotopic (exact) mass is 387 g/mol. The van der Waals surface area contributed by atoms with Crippen molar-refractivity contribution in [1.29, 1.82) is 0 Å². The Morgan fingerprint density at radius 2 is 1.76 bits per heavy atom. The van der Waals surface area contributed by atoms with Gasteiger partial charge < -0.3 is 10.4 Å². The van der Waals surface area contributed by atoms with E-state index in [4.69, 9.17) is 28.3 Å². The number of carbonyl (C=O) groups is 2. The lowest BCUT2D eigenvalue weighted by molar-refractivity contribution is 0.0695. The fourth-order valence-electron chi connectivity index (χ4n) is 1.64. The first kappa shape index (κ1) is 15.8. The fraction of sp³-hybridized carbons (Fsp3) is 0. The molecule has 2 aromatic rings. The number of carbonyl (C=O) groups excluding carboxylic acids is 1. The van der Waals surface area contributed by atoms with Gasteiger partial charge in [0.2, 0.25) is 0 Å². The number of halogens is 3. The van der Waals surface area contributed by atoms with E-state index >= 15 is 0 Å². The maximum Gasteiger partial charge on any atom is 0.336 e. The van der Waals surface area contributed by atoms with Gasteiger partial charge in [0.1, 0.15) is 0 Å². The van der Waals surface area contributed by atoms with Crippen LogP contribution in [0.2, 0.25) is 10.0 Å². The number of nitrogens with one attached hydrogen (secondary N) is 1. The Kier molecular flexibility index (Phi) is 4.88. The lowest BCUT2D eigenvalue weighted by Gasteiger charge is -2.08. The highest BCUT2D eigenvalue weighted by atomic mass is 79.9. The van der Waals surface area contributed by atoms with Crippen molar-refractivity contribution in [2.24, 2.45) is 0 Å². The van der Waals surface area contributed by atoms with Crippen LogP contribution in [-0.4, -0.2) is 17.0 Å². The van der Waals surface area contributed by atoms with Crippen molar-refractivity contribution >= 4 is 56.7 Å². The number of rotatable bonds is 3. The molecular formula is C14H8BrCl2NO3. The summed E-state index contributed by atoms with van der Waals surface area (Å²) in [5.74, 6) is -1.54. The molecule has 2 N–H and O–H groups in total. The van der Waals surface area contributed by atoms with Crippen LogP contribution in [0, 0.1) is 0 Å². The van der Waals surface area contributed by atoms with Crippen LogP contribution < -0.4 is 5.32 Å². The van der Waals surface area contributed by atoms with Gasteiger partial charge in [0.25, 0.3) is 5.91 Å². The predicted molar refractivity (Wildman–Crippen MR) is 85.5 cm³/mol. The molecule has 0 saturated carbocycles. The molecule has 0 aliphatic rings. The Morgan fingerprint density at radius 3 is 2.38 bits per heavy atom. The van der Waals surface area contributed by atoms with Gasteiger partial charge >= 0.3 is 5.97 Å². The van der Waals surface area contributed by atoms with E-state index in [2.05, 4.69) is 21.2 Å². The molecule has 21 heavy (non-hydrogen) atoms. The van der Waals surface area contributed by atoms with E-state index in [1.54, 1.807) is 18.2 Å². The first-order chi connectivity index (χ1) is 9.88. The predicted octanol–water partition coefficient (Wildman–Crippen LogP) is 4.71. The average molecular weight is 389 g/mol. The first-order valence-electron chi connectivity index (χ1n) is 5.67. The molecule has 2 rings (SSSR count). The van der Waals surface area contributed by atoms with Crippen molar-refractivity contribution in [3.8, 4) is 0 Å². The van der Waals surface area contributed by atoms with E-state index in [0.717, 1.165) is 0 Å². The van der Waals surface area contributed by atoms with Gasteiger partial charge in [-0.2, -0.15) is 0 Å². The molecule has 4 nitrogen and oxygen atoms in total. The van der Waals surface area contributed by atoms with Gasteiger partial charge in [-0.05, 0) is 52.3 Å². The minimum absolute atomic E-state index is 0.0509. The summed E-state index contributed by atoms with van der Waals surface area (Å²) in [6, 6.07) is 8.99. The Balaban J connectivity index is 2.27. The van der Waals surface area contributed by atoms with Crippen LogP contribution >= 0.6 is 39.1 Å². The summed E-state index contributed by atoms with van der Waals surface area (Å²) < 4.78 is 0.428. The fourth-order valence-corrected chi connectivity index (χ4v) is 2.55. The first-order valence-corrected chi connectivity index (χ1v) is 7.22. The summed E-state index contributed by atoms with van der Waals surface area (Å²) in [4.78, 5) is 23.2. The quantitative estimate of drug-likeness (QED) is 0.800. The number of carboxylic acid groups (broad SMARTS) is 1. The molecule has 0 atom stereocenters. The zero-order chi connectivity index (χ0) is 15.6. The SMILES string of the molecule is O=C(Nc1ccc(Br)c(C(=O)O)c1)c1ccc(Cl)cc1Cl. The van der Waals surface area contributed by atoms with E-state index in [0.29, 0.717) is 15.2 Å². The molecule has 1 amide bonds. The smallest absolute Gasteiger partial charge is 0.336 e. The largest absolute Gasteiger partial charge is 0.478 e. The van der Waals surface area contributed by atoms with Gasteiger partial charge in [-0.25, -0.2) is 4.79 Å². The zero-order valence-electron chi connectivity index (χ0n) is 10.4. The third-order valence-corrected chi connectivity index (χ3v) is 3.87. The van der Waals surface area contributed by atoms with Crippen LogP contribution in [0.4, 0.5) is 5.69 Å². The summed E-state index contributed by atoms with van der Waals surface area (Å²) in [7, 11) is 0. The van der Waals surface area contributed by atoms with Crippen LogP contribution in [0.1, 0.15) is 20.7 Å². The number of anilines is 1. The van der Waals surface area contributed by atoms with Crippen molar-refractivity contribution in [2.45, 2.75) is 0 Å². The van der Waals surface area contributed by atoms with Gasteiger partial charge in [-0.15, -0.1) is 0 Å². The Bertz CT molecular complexity index is 734. The van der Waals surface area contributed by atoms with Crippen LogP contribution in [0.15, 0.2) is 40.9 Å². The van der Waals surface area contributed by atoms with E-state index < -0.39 is 11.9 Å². The summed E-state index contributed by atoms with van der Waals surface area (Å²) in [6.45, 7) is 0. The molecule has 0 aliphatic heterocycles. The molecule has 0 saturated heterocycles. The number of benzene rings is 2. The molecule has 2 aromatic carbocycles. The molecule has 0 heterocycles. The second kappa shape index (κ2) is 6.47. The molecule has 0 aromatic heterocycles. The Labute approximate surface area is 138 Å². The molecular weight excluding hydrogens is 381 g/mol. The summed E-state index contributed by atoms with van der Waals surface area (Å²) in [5.41, 5.74) is 0.655. The average Bonchev–Trinajstić information content (AvgIpc) is 2.40. The summed E-state index contributed by atoms with van der Waals surface area (Å²) >= 11 is 14.9. The molecule has 0 fully saturated rings. The minimum Gasteiger partial charge on any atom is -0.478 e. The highest BCUT2D eigenvalue weighted by Gasteiger charge is 2.13. The van der Waals surface area contributed by atoms with Crippen LogP contribution in [0.3, 0.4) is 0 Å². The molecule has 0 aliphatic carbocycles. The molecule has 0 bridgehead atoms. The molecule has 0 spiro atoms. The van der Waals surface area contributed by atoms with Crippen molar-refractivity contribution < 1.29 is 14.7 Å². The minimum atomic E-state index is -1.09. The summed E-state index contributed by atoms with van der Waals surface area (Å²) in [6.07, 6.45) is 0. The second-order valence-corrected chi connectivity index (χ2v) is 5.78. The van der Waals surface area contributed by atoms with Gasteiger partial charge in [0.05, 0.1) is 16.1 Å². The van der Waals surface area contributed by atoms with Crippen LogP contribution in [0.25, 0.3) is 0 Å². The third kappa shape index (κ3) is 3.75. The maximum atomic E-state index is 12.1. The normalized spacial score (nSPS) is 10.2. The Hall–Kier alpha value is -1.56. The third-order valence-electron chi connectivity index (χ3n) is 2.63. The number of hydrogen-bond donors (Lipinski definition) is 2. The standard InChI is InChI=1S/C14H8BrCl2NO3/c15-11-4-2-8(6-10(11)14(20)21)18-13(19)9-3-1-7(16)5-12(9)17/h1-6H,(H,18,19)(H,20,21). The van der Waals surface area contributed by atoms with Gasteiger partial charge in [-0.3, -0.25) is 4.79 Å². The maximum absolute atomic E-state index is 12.1.